The Balaban J connectivity index is 2.48. The van der Waals surface area contributed by atoms with Crippen LogP contribution in [0, 0.1) is 12.7 Å². The maximum absolute atomic E-state index is 13.9. The molecule has 1 aromatic carbocycles. The van der Waals surface area contributed by atoms with Crippen molar-refractivity contribution in [2.75, 3.05) is 20.2 Å². The lowest BCUT2D eigenvalue weighted by Gasteiger charge is -2.27. The van der Waals surface area contributed by atoms with Crippen LogP contribution in [0.15, 0.2) is 10.5 Å². The summed E-state index contributed by atoms with van der Waals surface area (Å²) in [5.41, 5.74) is 2.09. The van der Waals surface area contributed by atoms with Gasteiger partial charge >= 0.3 is 0 Å². The number of halogens is 2. The zero-order chi connectivity index (χ0) is 12.4. The average molecular weight is 302 g/mol. The monoisotopic (exact) mass is 301 g/mol. The van der Waals surface area contributed by atoms with E-state index in [4.69, 9.17) is 4.74 Å². The van der Waals surface area contributed by atoms with Crippen molar-refractivity contribution in [2.24, 2.45) is 0 Å². The summed E-state index contributed by atoms with van der Waals surface area (Å²) >= 11 is 3.41. The Hall–Kier alpha value is -0.610. The van der Waals surface area contributed by atoms with E-state index in [1.54, 1.807) is 0 Å². The Labute approximate surface area is 110 Å². The zero-order valence-electron chi connectivity index (χ0n) is 10.1. The molecule has 1 atom stereocenters. The highest BCUT2D eigenvalue weighted by molar-refractivity contribution is 9.10. The average Bonchev–Trinajstić information content (AvgIpc) is 2.34. The Morgan fingerprint density at radius 3 is 2.88 bits per heavy atom. The molecule has 1 N–H and O–H groups in total. The second kappa shape index (κ2) is 5.36. The molecule has 1 aliphatic rings. The third kappa shape index (κ3) is 2.47. The molecule has 0 saturated carbocycles. The summed E-state index contributed by atoms with van der Waals surface area (Å²) in [5, 5.41) is 3.36. The first-order valence-electron chi connectivity index (χ1n) is 5.88. The van der Waals surface area contributed by atoms with E-state index < -0.39 is 0 Å². The fraction of sp³-hybridized carbons (Fsp3) is 0.538. The van der Waals surface area contributed by atoms with Crippen molar-refractivity contribution in [1.29, 1.82) is 0 Å². The molecule has 0 amide bonds. The summed E-state index contributed by atoms with van der Waals surface area (Å²) in [6.45, 7) is 3.96. The first-order chi connectivity index (χ1) is 8.15. The smallest absolute Gasteiger partial charge is 0.166 e. The largest absolute Gasteiger partial charge is 0.493 e. The van der Waals surface area contributed by atoms with Crippen LogP contribution in [-0.4, -0.2) is 20.2 Å². The summed E-state index contributed by atoms with van der Waals surface area (Å²) in [6.07, 6.45) is 2.21. The molecule has 1 aromatic rings. The highest BCUT2D eigenvalue weighted by Gasteiger charge is 2.24. The van der Waals surface area contributed by atoms with Crippen LogP contribution in [0.1, 0.15) is 29.9 Å². The van der Waals surface area contributed by atoms with Crippen molar-refractivity contribution in [3.8, 4) is 5.75 Å². The number of hydrogen-bond donors (Lipinski definition) is 1. The van der Waals surface area contributed by atoms with Crippen LogP contribution in [0.3, 0.4) is 0 Å². The van der Waals surface area contributed by atoms with Gasteiger partial charge in [-0.2, -0.15) is 0 Å². The molecular formula is C13H17BrFNO. The van der Waals surface area contributed by atoms with Gasteiger partial charge in [-0.05, 0) is 37.9 Å². The summed E-state index contributed by atoms with van der Waals surface area (Å²) in [4.78, 5) is 0. The first kappa shape index (κ1) is 12.8. The maximum atomic E-state index is 13.9. The highest BCUT2D eigenvalue weighted by Crippen LogP contribution is 2.38. The van der Waals surface area contributed by atoms with Gasteiger partial charge in [0.25, 0.3) is 0 Å². The predicted molar refractivity (Wildman–Crippen MR) is 70.2 cm³/mol. The van der Waals surface area contributed by atoms with E-state index in [-0.39, 0.29) is 5.82 Å². The number of nitrogens with one attached hydrogen (secondary N) is 1. The molecule has 0 aliphatic carbocycles. The van der Waals surface area contributed by atoms with Gasteiger partial charge in [0.05, 0.1) is 7.11 Å². The molecule has 1 saturated heterocycles. The molecule has 0 bridgehead atoms. The van der Waals surface area contributed by atoms with Crippen LogP contribution in [0.2, 0.25) is 0 Å². The summed E-state index contributed by atoms with van der Waals surface area (Å²) in [6, 6.07) is 1.48. The summed E-state index contributed by atoms with van der Waals surface area (Å²) in [7, 11) is 1.53. The Kier molecular flexibility index (Phi) is 4.05. The molecule has 17 heavy (non-hydrogen) atoms. The van der Waals surface area contributed by atoms with E-state index in [1.165, 1.54) is 13.2 Å². The van der Waals surface area contributed by atoms with Crippen LogP contribution in [0.4, 0.5) is 4.39 Å². The zero-order valence-corrected chi connectivity index (χ0v) is 11.7. The van der Waals surface area contributed by atoms with Crippen molar-refractivity contribution in [3.63, 3.8) is 0 Å². The number of rotatable bonds is 2. The van der Waals surface area contributed by atoms with Crippen molar-refractivity contribution < 1.29 is 9.13 Å². The van der Waals surface area contributed by atoms with Gasteiger partial charge in [0.2, 0.25) is 0 Å². The van der Waals surface area contributed by atoms with Crippen molar-refractivity contribution in [2.45, 2.75) is 25.7 Å². The third-order valence-electron chi connectivity index (χ3n) is 3.39. The molecule has 1 heterocycles. The number of ether oxygens (including phenoxy) is 1. The van der Waals surface area contributed by atoms with E-state index in [1.807, 2.05) is 6.92 Å². The second-order valence-corrected chi connectivity index (χ2v) is 5.31. The van der Waals surface area contributed by atoms with Gasteiger partial charge in [0.15, 0.2) is 11.6 Å². The maximum Gasteiger partial charge on any atom is 0.166 e. The second-order valence-electron chi connectivity index (χ2n) is 4.46. The van der Waals surface area contributed by atoms with Crippen LogP contribution in [0.5, 0.6) is 5.75 Å². The molecule has 94 valence electrons. The van der Waals surface area contributed by atoms with Gasteiger partial charge in [0.1, 0.15) is 0 Å². The predicted octanol–water partition coefficient (Wildman–Crippen LogP) is 3.37. The SMILES string of the molecule is COc1c(F)cc(Br)c(C)c1C1CCCNC1. The quantitative estimate of drug-likeness (QED) is 0.904. The Morgan fingerprint density at radius 1 is 1.53 bits per heavy atom. The molecule has 0 aromatic heterocycles. The first-order valence-corrected chi connectivity index (χ1v) is 6.67. The van der Waals surface area contributed by atoms with Crippen molar-refractivity contribution in [3.05, 3.63) is 27.5 Å². The van der Waals surface area contributed by atoms with Crippen LogP contribution < -0.4 is 10.1 Å². The van der Waals surface area contributed by atoms with Gasteiger partial charge < -0.3 is 10.1 Å². The third-order valence-corrected chi connectivity index (χ3v) is 4.21. The number of benzene rings is 1. The lowest BCUT2D eigenvalue weighted by Crippen LogP contribution is -2.29. The number of methoxy groups -OCH3 is 1. The Morgan fingerprint density at radius 2 is 2.29 bits per heavy atom. The fourth-order valence-corrected chi connectivity index (χ4v) is 2.92. The fourth-order valence-electron chi connectivity index (χ4n) is 2.51. The van der Waals surface area contributed by atoms with Gasteiger partial charge in [-0.3, -0.25) is 0 Å². The van der Waals surface area contributed by atoms with E-state index in [0.29, 0.717) is 11.7 Å². The van der Waals surface area contributed by atoms with Crippen molar-refractivity contribution in [1.82, 2.24) is 5.32 Å². The molecule has 2 rings (SSSR count). The lowest BCUT2D eigenvalue weighted by molar-refractivity contribution is 0.367. The minimum absolute atomic E-state index is 0.287. The summed E-state index contributed by atoms with van der Waals surface area (Å²) < 4.78 is 19.9. The molecule has 4 heteroatoms. The van der Waals surface area contributed by atoms with Gasteiger partial charge in [-0.25, -0.2) is 4.39 Å². The minimum Gasteiger partial charge on any atom is -0.493 e. The summed E-state index contributed by atoms with van der Waals surface area (Å²) in [5.74, 6) is 0.454. The highest BCUT2D eigenvalue weighted by atomic mass is 79.9. The lowest BCUT2D eigenvalue weighted by atomic mass is 9.88. The number of hydrogen-bond acceptors (Lipinski definition) is 2. The van der Waals surface area contributed by atoms with Crippen LogP contribution in [-0.2, 0) is 0 Å². The molecule has 1 fully saturated rings. The van der Waals surface area contributed by atoms with Gasteiger partial charge in [-0.15, -0.1) is 0 Å². The van der Waals surface area contributed by atoms with E-state index in [2.05, 4.69) is 21.2 Å². The van der Waals surface area contributed by atoms with Gasteiger partial charge in [-0.1, -0.05) is 15.9 Å². The Bertz CT molecular complexity index is 416. The molecule has 1 unspecified atom stereocenters. The van der Waals surface area contributed by atoms with E-state index in [0.717, 1.165) is 41.5 Å². The minimum atomic E-state index is -0.287. The van der Waals surface area contributed by atoms with Gasteiger partial charge in [0, 0.05) is 22.5 Å². The molecule has 0 spiro atoms. The molecule has 2 nitrogen and oxygen atoms in total. The number of piperidine rings is 1. The topological polar surface area (TPSA) is 21.3 Å². The molecule has 1 aliphatic heterocycles. The van der Waals surface area contributed by atoms with E-state index in [9.17, 15) is 4.39 Å². The normalized spacial score (nSPS) is 20.4. The van der Waals surface area contributed by atoms with Crippen LogP contribution >= 0.6 is 15.9 Å². The van der Waals surface area contributed by atoms with Crippen molar-refractivity contribution >= 4 is 15.9 Å². The molecular weight excluding hydrogens is 285 g/mol. The standard InChI is InChI=1S/C13H17BrFNO/c1-8-10(14)6-11(15)13(17-2)12(8)9-4-3-5-16-7-9/h6,9,16H,3-5,7H2,1-2H3. The molecule has 0 radical (unpaired) electrons. The van der Waals surface area contributed by atoms with E-state index >= 15 is 0 Å². The van der Waals surface area contributed by atoms with Crippen LogP contribution in [0.25, 0.3) is 0 Å².